The fourth-order valence-corrected chi connectivity index (χ4v) is 1.55. The minimum atomic E-state index is -2.31. The maximum atomic E-state index is 11.6. The van der Waals surface area contributed by atoms with Crippen LogP contribution in [-0.4, -0.2) is 22.5 Å². The van der Waals surface area contributed by atoms with Gasteiger partial charge in [-0.1, -0.05) is 11.6 Å². The van der Waals surface area contributed by atoms with E-state index in [0.29, 0.717) is 10.0 Å². The van der Waals surface area contributed by atoms with E-state index in [1.54, 1.807) is 18.4 Å². The maximum Gasteiger partial charge on any atom is 0.135 e. The second-order valence-electron chi connectivity index (χ2n) is 2.30. The summed E-state index contributed by atoms with van der Waals surface area (Å²) in [6, 6.07) is 3.27. The molecule has 1 aromatic rings. The van der Waals surface area contributed by atoms with Crippen molar-refractivity contribution in [2.24, 2.45) is 4.36 Å². The molecule has 12 heavy (non-hydrogen) atoms. The lowest BCUT2D eigenvalue weighted by Crippen LogP contribution is -1.99. The van der Waals surface area contributed by atoms with Gasteiger partial charge in [0.1, 0.15) is 5.03 Å². The molecule has 1 aromatic heterocycles. The molecule has 1 atom stereocenters. The van der Waals surface area contributed by atoms with Gasteiger partial charge in [0.15, 0.2) is 0 Å². The molecule has 0 saturated heterocycles. The average molecular weight is 205 g/mol. The number of rotatable bonds is 1. The highest BCUT2D eigenvalue weighted by Gasteiger charge is 2.04. The number of nitrogens with zero attached hydrogens (tertiary/aromatic N) is 2. The highest BCUT2D eigenvalue weighted by Crippen LogP contribution is 2.11. The zero-order valence-corrected chi connectivity index (χ0v) is 8.39. The van der Waals surface area contributed by atoms with Gasteiger partial charge in [-0.2, -0.15) is 0 Å². The summed E-state index contributed by atoms with van der Waals surface area (Å²) in [6.07, 6.45) is 3.01. The first kappa shape index (κ1) is 9.48. The predicted molar refractivity (Wildman–Crippen MR) is 49.9 cm³/mol. The SMILES string of the molecule is CN=[S@](C)(=O)c1ccc(Cl)cn1. The van der Waals surface area contributed by atoms with E-state index in [-0.39, 0.29) is 0 Å². The zero-order chi connectivity index (χ0) is 9.19. The van der Waals surface area contributed by atoms with Crippen LogP contribution in [0.2, 0.25) is 5.02 Å². The first-order valence-electron chi connectivity index (χ1n) is 3.28. The number of halogens is 1. The number of hydrogen-bond donors (Lipinski definition) is 0. The summed E-state index contributed by atoms with van der Waals surface area (Å²) < 4.78 is 15.3. The molecule has 0 N–H and O–H groups in total. The van der Waals surface area contributed by atoms with Gasteiger partial charge in [-0.3, -0.25) is 0 Å². The third-order valence-electron chi connectivity index (χ3n) is 1.44. The van der Waals surface area contributed by atoms with E-state index in [9.17, 15) is 4.21 Å². The van der Waals surface area contributed by atoms with Crippen molar-refractivity contribution in [3.63, 3.8) is 0 Å². The molecule has 0 aliphatic rings. The van der Waals surface area contributed by atoms with Crippen LogP contribution in [0.3, 0.4) is 0 Å². The Bertz CT molecular complexity index is 379. The first-order valence-corrected chi connectivity index (χ1v) is 5.58. The molecular weight excluding hydrogens is 196 g/mol. The summed E-state index contributed by atoms with van der Waals surface area (Å²) in [4.78, 5) is 3.92. The Labute approximate surface area is 77.0 Å². The van der Waals surface area contributed by atoms with Crippen LogP contribution in [0.1, 0.15) is 0 Å². The van der Waals surface area contributed by atoms with Gasteiger partial charge in [0, 0.05) is 19.5 Å². The van der Waals surface area contributed by atoms with Gasteiger partial charge in [-0.15, -0.1) is 0 Å². The van der Waals surface area contributed by atoms with E-state index in [0.717, 1.165) is 0 Å². The molecule has 3 nitrogen and oxygen atoms in total. The fraction of sp³-hybridized carbons (Fsp3) is 0.286. The van der Waals surface area contributed by atoms with E-state index < -0.39 is 9.73 Å². The number of aromatic nitrogens is 1. The molecule has 66 valence electrons. The normalized spacial score (nSPS) is 15.2. The van der Waals surface area contributed by atoms with Crippen molar-refractivity contribution in [1.29, 1.82) is 0 Å². The van der Waals surface area contributed by atoms with E-state index in [1.165, 1.54) is 13.2 Å². The summed E-state index contributed by atoms with van der Waals surface area (Å²) in [5.74, 6) is 0. The first-order chi connectivity index (χ1) is 5.56. The van der Waals surface area contributed by atoms with E-state index in [2.05, 4.69) is 9.35 Å². The lowest BCUT2D eigenvalue weighted by atomic mass is 10.5. The van der Waals surface area contributed by atoms with Gasteiger partial charge in [0.05, 0.1) is 14.8 Å². The molecule has 0 aromatic carbocycles. The van der Waals surface area contributed by atoms with E-state index >= 15 is 0 Å². The lowest BCUT2D eigenvalue weighted by molar-refractivity contribution is 0.677. The van der Waals surface area contributed by atoms with Crippen molar-refractivity contribution in [1.82, 2.24) is 4.98 Å². The van der Waals surface area contributed by atoms with Gasteiger partial charge >= 0.3 is 0 Å². The summed E-state index contributed by atoms with van der Waals surface area (Å²) in [6.45, 7) is 0. The van der Waals surface area contributed by atoms with Crippen molar-refractivity contribution >= 4 is 21.3 Å². The Balaban J connectivity index is 3.24. The predicted octanol–water partition coefficient (Wildman–Crippen LogP) is 1.82. The fourth-order valence-electron chi connectivity index (χ4n) is 0.680. The van der Waals surface area contributed by atoms with Crippen molar-refractivity contribution in [3.8, 4) is 0 Å². The Morgan fingerprint density at radius 1 is 1.58 bits per heavy atom. The summed E-state index contributed by atoms with van der Waals surface area (Å²) >= 11 is 5.62. The van der Waals surface area contributed by atoms with E-state index in [4.69, 9.17) is 11.6 Å². The molecule has 1 rings (SSSR count). The second-order valence-corrected chi connectivity index (χ2v) is 5.12. The minimum absolute atomic E-state index is 0.467. The topological polar surface area (TPSA) is 42.3 Å². The summed E-state index contributed by atoms with van der Waals surface area (Å²) in [7, 11) is -0.797. The lowest BCUT2D eigenvalue weighted by Gasteiger charge is -2.00. The molecule has 0 bridgehead atoms. The summed E-state index contributed by atoms with van der Waals surface area (Å²) in [5.41, 5.74) is 0. The molecule has 0 spiro atoms. The van der Waals surface area contributed by atoms with Crippen LogP contribution in [-0.2, 0) is 9.73 Å². The third-order valence-corrected chi connectivity index (χ3v) is 3.37. The van der Waals surface area contributed by atoms with Crippen LogP contribution in [0.15, 0.2) is 27.7 Å². The van der Waals surface area contributed by atoms with Crippen LogP contribution in [0, 0.1) is 0 Å². The molecular formula is C7H9ClN2OS. The van der Waals surface area contributed by atoms with Gasteiger partial charge in [0.25, 0.3) is 0 Å². The van der Waals surface area contributed by atoms with Gasteiger partial charge in [0.2, 0.25) is 0 Å². The number of hydrogen-bond acceptors (Lipinski definition) is 3. The van der Waals surface area contributed by atoms with Crippen LogP contribution in [0.4, 0.5) is 0 Å². The molecule has 5 heteroatoms. The Morgan fingerprint density at radius 2 is 2.25 bits per heavy atom. The summed E-state index contributed by atoms with van der Waals surface area (Å²) in [5, 5.41) is 0.999. The van der Waals surface area contributed by atoms with Crippen LogP contribution in [0.5, 0.6) is 0 Å². The second kappa shape index (κ2) is 3.41. The quantitative estimate of drug-likeness (QED) is 0.701. The monoisotopic (exact) mass is 204 g/mol. The largest absolute Gasteiger partial charge is 0.245 e. The van der Waals surface area contributed by atoms with Crippen molar-refractivity contribution in [3.05, 3.63) is 23.4 Å². The molecule has 0 aliphatic heterocycles. The van der Waals surface area contributed by atoms with E-state index in [1.807, 2.05) is 0 Å². The zero-order valence-electron chi connectivity index (χ0n) is 6.82. The van der Waals surface area contributed by atoms with Gasteiger partial charge in [-0.25, -0.2) is 13.6 Å². The minimum Gasteiger partial charge on any atom is -0.245 e. The van der Waals surface area contributed by atoms with Crippen LogP contribution >= 0.6 is 11.6 Å². The molecule has 0 fully saturated rings. The maximum absolute atomic E-state index is 11.6. The average Bonchev–Trinajstić information content (AvgIpc) is 2.05. The smallest absolute Gasteiger partial charge is 0.135 e. The Hall–Kier alpha value is -0.610. The molecule has 0 radical (unpaired) electrons. The molecule has 0 aliphatic carbocycles. The van der Waals surface area contributed by atoms with Crippen LogP contribution in [0.25, 0.3) is 0 Å². The third kappa shape index (κ3) is 1.95. The standard InChI is InChI=1S/C7H9ClN2OS/c1-9-12(2,11)7-4-3-6(8)5-10-7/h3-5H,1-2H3/t12-/m1/s1. The molecule has 0 saturated carbocycles. The molecule has 0 amide bonds. The number of pyridine rings is 1. The van der Waals surface area contributed by atoms with Crippen molar-refractivity contribution in [2.45, 2.75) is 5.03 Å². The Morgan fingerprint density at radius 3 is 2.67 bits per heavy atom. The van der Waals surface area contributed by atoms with Gasteiger partial charge < -0.3 is 0 Å². The highest BCUT2D eigenvalue weighted by molar-refractivity contribution is 7.92. The molecule has 0 unspecified atom stereocenters. The van der Waals surface area contributed by atoms with Crippen molar-refractivity contribution < 1.29 is 4.21 Å². The van der Waals surface area contributed by atoms with Crippen LogP contribution < -0.4 is 0 Å². The highest BCUT2D eigenvalue weighted by atomic mass is 35.5. The Kier molecular flexibility index (Phi) is 2.69. The molecule has 1 heterocycles. The van der Waals surface area contributed by atoms with Gasteiger partial charge in [-0.05, 0) is 12.1 Å². The van der Waals surface area contributed by atoms with Crippen molar-refractivity contribution in [2.75, 3.05) is 13.3 Å².